The van der Waals surface area contributed by atoms with Crippen LogP contribution >= 0.6 is 0 Å². The van der Waals surface area contributed by atoms with E-state index in [4.69, 9.17) is 7.48 Å². The molecule has 0 saturated carbocycles. The standard InChI is InChI=1S/C17H18F3NO/c1-21-12-11-16(13-5-3-2-4-6-13)22-15-9-7-14(8-10-15)17(18,19)20/h2-10,16,21H,11-12H2,1H3/i12D2. The van der Waals surface area contributed by atoms with Crippen molar-refractivity contribution in [3.05, 3.63) is 65.7 Å². The molecular formula is C17H18F3NO. The van der Waals surface area contributed by atoms with E-state index in [-0.39, 0.29) is 12.2 Å². The lowest BCUT2D eigenvalue weighted by molar-refractivity contribution is -0.137. The van der Waals surface area contributed by atoms with Gasteiger partial charge in [0, 0.05) is 9.16 Å². The molecule has 1 atom stereocenters. The summed E-state index contributed by atoms with van der Waals surface area (Å²) < 4.78 is 59.3. The van der Waals surface area contributed by atoms with E-state index in [0.29, 0.717) is 0 Å². The molecule has 0 aliphatic carbocycles. The Bertz CT molecular complexity index is 645. The van der Waals surface area contributed by atoms with Crippen molar-refractivity contribution in [1.82, 2.24) is 5.32 Å². The van der Waals surface area contributed by atoms with Crippen molar-refractivity contribution >= 4 is 0 Å². The monoisotopic (exact) mass is 311 g/mol. The summed E-state index contributed by atoms with van der Waals surface area (Å²) >= 11 is 0. The van der Waals surface area contributed by atoms with Gasteiger partial charge in [0.1, 0.15) is 11.9 Å². The summed E-state index contributed by atoms with van der Waals surface area (Å²) in [7, 11) is 1.50. The van der Waals surface area contributed by atoms with Gasteiger partial charge in [0.2, 0.25) is 0 Å². The van der Waals surface area contributed by atoms with Gasteiger partial charge in [-0.3, -0.25) is 0 Å². The molecule has 0 bridgehead atoms. The van der Waals surface area contributed by atoms with E-state index >= 15 is 0 Å². The largest absolute Gasteiger partial charge is 0.486 e. The first-order valence-corrected chi connectivity index (χ1v) is 6.79. The van der Waals surface area contributed by atoms with Crippen LogP contribution in [0.4, 0.5) is 13.2 Å². The molecule has 22 heavy (non-hydrogen) atoms. The molecule has 0 aliphatic heterocycles. The summed E-state index contributed by atoms with van der Waals surface area (Å²) in [6.07, 6.45) is -5.03. The minimum atomic E-state index is -4.40. The molecule has 2 rings (SSSR count). The van der Waals surface area contributed by atoms with Crippen molar-refractivity contribution in [1.29, 1.82) is 0 Å². The lowest BCUT2D eigenvalue weighted by atomic mass is 10.1. The summed E-state index contributed by atoms with van der Waals surface area (Å²) in [5.41, 5.74) is -0.00631. The number of hydrogen-bond acceptors (Lipinski definition) is 2. The zero-order chi connectivity index (χ0) is 17.8. The fraction of sp³-hybridized carbons (Fsp3) is 0.294. The molecule has 0 fully saturated rings. The van der Waals surface area contributed by atoms with Gasteiger partial charge >= 0.3 is 6.18 Å². The van der Waals surface area contributed by atoms with Crippen LogP contribution < -0.4 is 10.1 Å². The Morgan fingerprint density at radius 1 is 1.09 bits per heavy atom. The second kappa shape index (κ2) is 7.31. The second-order valence-electron chi connectivity index (χ2n) is 4.67. The van der Waals surface area contributed by atoms with Crippen LogP contribution in [0.1, 0.15) is 26.4 Å². The van der Waals surface area contributed by atoms with E-state index < -0.39 is 24.3 Å². The van der Waals surface area contributed by atoms with E-state index in [1.807, 2.05) is 6.07 Å². The number of ether oxygens (including phenoxy) is 1. The predicted octanol–water partition coefficient (Wildman–Crippen LogP) is 4.44. The van der Waals surface area contributed by atoms with E-state index in [9.17, 15) is 13.2 Å². The van der Waals surface area contributed by atoms with Crippen LogP contribution in [0.5, 0.6) is 5.75 Å². The van der Waals surface area contributed by atoms with Crippen LogP contribution in [-0.2, 0) is 6.18 Å². The lowest BCUT2D eigenvalue weighted by Gasteiger charge is -2.20. The fourth-order valence-electron chi connectivity index (χ4n) is 1.98. The summed E-state index contributed by atoms with van der Waals surface area (Å²) in [6, 6.07) is 13.4. The highest BCUT2D eigenvalue weighted by Gasteiger charge is 2.30. The molecule has 118 valence electrons. The van der Waals surface area contributed by atoms with Crippen molar-refractivity contribution in [3.63, 3.8) is 0 Å². The Kier molecular flexibility index (Phi) is 4.53. The van der Waals surface area contributed by atoms with Crippen LogP contribution in [0.2, 0.25) is 0 Å². The van der Waals surface area contributed by atoms with Crippen molar-refractivity contribution in [2.75, 3.05) is 13.5 Å². The van der Waals surface area contributed by atoms with Gasteiger partial charge in [-0.1, -0.05) is 30.3 Å². The number of hydrogen-bond donors (Lipinski definition) is 1. The Morgan fingerprint density at radius 3 is 2.27 bits per heavy atom. The Hall–Kier alpha value is -2.01. The third-order valence-electron chi connectivity index (χ3n) is 3.10. The number of benzene rings is 2. The average molecular weight is 311 g/mol. The SMILES string of the molecule is [2H]C([2H])(CC(Oc1ccc(C(F)(F)F)cc1)c1ccccc1)NC. The van der Waals surface area contributed by atoms with Crippen LogP contribution in [-0.4, -0.2) is 13.5 Å². The summed E-state index contributed by atoms with van der Waals surface area (Å²) in [5, 5.41) is 2.56. The summed E-state index contributed by atoms with van der Waals surface area (Å²) in [5.74, 6) is 0.253. The highest BCUT2D eigenvalue weighted by molar-refractivity contribution is 5.30. The van der Waals surface area contributed by atoms with Gasteiger partial charge in [0.15, 0.2) is 0 Å². The molecule has 2 aromatic rings. The van der Waals surface area contributed by atoms with Gasteiger partial charge in [-0.05, 0) is 43.4 Å². The quantitative estimate of drug-likeness (QED) is 0.852. The van der Waals surface area contributed by atoms with Crippen molar-refractivity contribution in [2.45, 2.75) is 18.7 Å². The number of nitrogens with one attached hydrogen (secondary N) is 1. The van der Waals surface area contributed by atoms with Gasteiger partial charge in [-0.2, -0.15) is 13.2 Å². The fourth-order valence-corrected chi connectivity index (χ4v) is 1.98. The normalized spacial score (nSPS) is 14.9. The Labute approximate surface area is 130 Å². The van der Waals surface area contributed by atoms with Gasteiger partial charge in [0.25, 0.3) is 0 Å². The first-order chi connectivity index (χ1) is 11.2. The third kappa shape index (κ3) is 4.49. The number of halogens is 3. The van der Waals surface area contributed by atoms with Gasteiger partial charge < -0.3 is 10.1 Å². The smallest absolute Gasteiger partial charge is 0.416 e. The second-order valence-corrected chi connectivity index (χ2v) is 4.67. The zero-order valence-corrected chi connectivity index (χ0v) is 12.0. The molecule has 0 radical (unpaired) electrons. The molecule has 0 spiro atoms. The van der Waals surface area contributed by atoms with Crippen LogP contribution in [0.25, 0.3) is 0 Å². The van der Waals surface area contributed by atoms with E-state index in [1.165, 1.54) is 19.2 Å². The number of alkyl halides is 3. The lowest BCUT2D eigenvalue weighted by Crippen LogP contribution is -2.16. The van der Waals surface area contributed by atoms with Crippen molar-refractivity contribution in [2.24, 2.45) is 0 Å². The van der Waals surface area contributed by atoms with Crippen LogP contribution in [0, 0.1) is 0 Å². The molecule has 0 amide bonds. The van der Waals surface area contributed by atoms with Crippen molar-refractivity contribution in [3.8, 4) is 5.75 Å². The molecular weight excluding hydrogens is 291 g/mol. The molecule has 0 heterocycles. The minimum absolute atomic E-state index is 0.00847. The maximum Gasteiger partial charge on any atom is 0.416 e. The van der Waals surface area contributed by atoms with Gasteiger partial charge in [-0.25, -0.2) is 0 Å². The minimum Gasteiger partial charge on any atom is -0.486 e. The maximum atomic E-state index is 12.6. The highest BCUT2D eigenvalue weighted by Crippen LogP contribution is 2.31. The third-order valence-corrected chi connectivity index (χ3v) is 3.10. The first kappa shape index (κ1) is 13.6. The predicted molar refractivity (Wildman–Crippen MR) is 79.8 cm³/mol. The zero-order valence-electron chi connectivity index (χ0n) is 14.0. The Morgan fingerprint density at radius 2 is 1.73 bits per heavy atom. The highest BCUT2D eigenvalue weighted by atomic mass is 19.4. The van der Waals surface area contributed by atoms with E-state index in [2.05, 4.69) is 5.32 Å². The molecule has 1 unspecified atom stereocenters. The van der Waals surface area contributed by atoms with Crippen LogP contribution in [0.15, 0.2) is 54.6 Å². The molecule has 5 heteroatoms. The molecule has 2 nitrogen and oxygen atoms in total. The topological polar surface area (TPSA) is 21.3 Å². The van der Waals surface area contributed by atoms with Gasteiger partial charge in [-0.15, -0.1) is 0 Å². The molecule has 0 aromatic heterocycles. The average Bonchev–Trinajstić information content (AvgIpc) is 2.54. The molecule has 0 aliphatic rings. The summed E-state index contributed by atoms with van der Waals surface area (Å²) in [6.45, 7) is -1.67. The van der Waals surface area contributed by atoms with Crippen LogP contribution in [0.3, 0.4) is 0 Å². The van der Waals surface area contributed by atoms with E-state index in [1.54, 1.807) is 24.3 Å². The number of rotatable bonds is 6. The molecule has 0 saturated heterocycles. The first-order valence-electron chi connectivity index (χ1n) is 7.79. The van der Waals surface area contributed by atoms with Gasteiger partial charge in [0.05, 0.1) is 5.56 Å². The molecule has 2 aromatic carbocycles. The summed E-state index contributed by atoms with van der Waals surface area (Å²) in [4.78, 5) is 0. The maximum absolute atomic E-state index is 12.6. The van der Waals surface area contributed by atoms with Crippen molar-refractivity contribution < 1.29 is 20.6 Å². The van der Waals surface area contributed by atoms with E-state index in [0.717, 1.165) is 17.7 Å². The molecule has 1 N–H and O–H groups in total. The Balaban J connectivity index is 2.22.